The van der Waals surface area contributed by atoms with E-state index in [1.807, 2.05) is 48.5 Å². The second-order valence-corrected chi connectivity index (χ2v) is 8.82. The van der Waals surface area contributed by atoms with Crippen LogP contribution in [0.5, 0.6) is 0 Å². The van der Waals surface area contributed by atoms with E-state index in [-0.39, 0.29) is 0 Å². The first-order valence-corrected chi connectivity index (χ1v) is 11.6. The molecule has 35 heavy (non-hydrogen) atoms. The molecule has 8 aromatic rings. The van der Waals surface area contributed by atoms with Crippen molar-refractivity contribution >= 4 is 54.9 Å². The Hall–Kier alpha value is -4.83. The van der Waals surface area contributed by atoms with Gasteiger partial charge in [0.2, 0.25) is 0 Å². The zero-order chi connectivity index (χ0) is 22.9. The molecule has 8 rings (SSSR count). The van der Waals surface area contributed by atoms with E-state index in [0.717, 1.165) is 72.0 Å². The van der Waals surface area contributed by atoms with E-state index in [1.54, 1.807) is 0 Å². The van der Waals surface area contributed by atoms with Crippen LogP contribution >= 0.6 is 0 Å². The highest BCUT2D eigenvalue weighted by atomic mass is 16.3. The first kappa shape index (κ1) is 18.6. The molecule has 164 valence electrons. The Kier molecular flexibility index (Phi) is 3.63. The van der Waals surface area contributed by atoms with Crippen LogP contribution in [-0.2, 0) is 0 Å². The van der Waals surface area contributed by atoms with E-state index in [2.05, 4.69) is 65.2 Å². The predicted octanol–water partition coefficient (Wildman–Crippen LogP) is 8.49. The van der Waals surface area contributed by atoms with Crippen molar-refractivity contribution in [2.24, 2.45) is 0 Å². The van der Waals surface area contributed by atoms with Gasteiger partial charge in [-0.3, -0.25) is 4.57 Å². The van der Waals surface area contributed by atoms with Gasteiger partial charge in [-0.25, -0.2) is 4.98 Å². The van der Waals surface area contributed by atoms with E-state index in [1.165, 1.54) is 0 Å². The number of aromatic nitrogens is 2. The van der Waals surface area contributed by atoms with Gasteiger partial charge in [0.05, 0.1) is 16.6 Å². The zero-order valence-corrected chi connectivity index (χ0v) is 18.6. The summed E-state index contributed by atoms with van der Waals surface area (Å²) in [6.07, 6.45) is 0. The summed E-state index contributed by atoms with van der Waals surface area (Å²) in [6.45, 7) is 0. The molecule has 0 saturated heterocycles. The Morgan fingerprint density at radius 3 is 2.11 bits per heavy atom. The number of para-hydroxylation sites is 5. The van der Waals surface area contributed by atoms with Gasteiger partial charge >= 0.3 is 0 Å². The lowest BCUT2D eigenvalue weighted by Crippen LogP contribution is -1.97. The number of fused-ring (bicyclic) bond motifs is 7. The molecule has 0 aliphatic rings. The molecule has 0 aliphatic heterocycles. The Bertz CT molecular complexity index is 2070. The smallest absolute Gasteiger partial charge is 0.149 e. The molecule has 3 aromatic heterocycles. The largest absolute Gasteiger partial charge is 0.456 e. The van der Waals surface area contributed by atoms with Crippen molar-refractivity contribution in [2.45, 2.75) is 0 Å². The van der Waals surface area contributed by atoms with Gasteiger partial charge in [-0.15, -0.1) is 0 Å². The van der Waals surface area contributed by atoms with Gasteiger partial charge in [0, 0.05) is 27.2 Å². The summed E-state index contributed by atoms with van der Waals surface area (Å²) in [5, 5.41) is 4.39. The minimum atomic E-state index is 0.847. The van der Waals surface area contributed by atoms with Crippen LogP contribution in [0.15, 0.2) is 118 Å². The molecule has 0 spiro atoms. The number of nitrogens with zero attached hydrogens (tertiary/aromatic N) is 2. The van der Waals surface area contributed by atoms with Gasteiger partial charge in [0.1, 0.15) is 28.2 Å². The highest BCUT2D eigenvalue weighted by molar-refractivity contribution is 6.10. The number of imidazole rings is 1. The summed E-state index contributed by atoms with van der Waals surface area (Å²) in [5.74, 6) is 0.850. The van der Waals surface area contributed by atoms with Crippen LogP contribution in [0, 0.1) is 0 Å². The van der Waals surface area contributed by atoms with Crippen LogP contribution in [0.2, 0.25) is 0 Å². The Morgan fingerprint density at radius 1 is 0.543 bits per heavy atom. The van der Waals surface area contributed by atoms with E-state index >= 15 is 0 Å². The van der Waals surface area contributed by atoms with Crippen LogP contribution in [-0.4, -0.2) is 9.55 Å². The minimum Gasteiger partial charge on any atom is -0.456 e. The van der Waals surface area contributed by atoms with E-state index in [4.69, 9.17) is 13.8 Å². The first-order valence-electron chi connectivity index (χ1n) is 11.6. The van der Waals surface area contributed by atoms with Crippen molar-refractivity contribution in [3.05, 3.63) is 109 Å². The molecule has 0 bridgehead atoms. The van der Waals surface area contributed by atoms with E-state index < -0.39 is 0 Å². The molecule has 0 atom stereocenters. The summed E-state index contributed by atoms with van der Waals surface area (Å²) in [7, 11) is 0. The van der Waals surface area contributed by atoms with Gasteiger partial charge in [0.25, 0.3) is 0 Å². The molecular formula is C31H18N2O2. The summed E-state index contributed by atoms with van der Waals surface area (Å²) in [6, 6.07) is 37.2. The van der Waals surface area contributed by atoms with Gasteiger partial charge in [0.15, 0.2) is 0 Å². The molecule has 4 nitrogen and oxygen atoms in total. The molecule has 0 amide bonds. The molecule has 0 aliphatic carbocycles. The lowest BCUT2D eigenvalue weighted by molar-refractivity contribution is 0.668. The van der Waals surface area contributed by atoms with Crippen molar-refractivity contribution in [1.29, 1.82) is 0 Å². The zero-order valence-electron chi connectivity index (χ0n) is 18.6. The highest BCUT2D eigenvalue weighted by Crippen LogP contribution is 2.38. The minimum absolute atomic E-state index is 0.847. The van der Waals surface area contributed by atoms with E-state index in [0.29, 0.717) is 0 Å². The van der Waals surface area contributed by atoms with Crippen LogP contribution in [0.3, 0.4) is 0 Å². The molecule has 0 radical (unpaired) electrons. The maximum atomic E-state index is 6.37. The summed E-state index contributed by atoms with van der Waals surface area (Å²) >= 11 is 0. The fraction of sp³-hybridized carbons (Fsp3) is 0. The maximum absolute atomic E-state index is 6.37. The topological polar surface area (TPSA) is 44.1 Å². The third kappa shape index (κ3) is 2.59. The molecular weight excluding hydrogens is 432 g/mol. The molecule has 3 heterocycles. The molecule has 0 fully saturated rings. The van der Waals surface area contributed by atoms with Gasteiger partial charge in [-0.2, -0.15) is 0 Å². The van der Waals surface area contributed by atoms with Crippen molar-refractivity contribution in [3.63, 3.8) is 0 Å². The third-order valence-corrected chi connectivity index (χ3v) is 6.82. The lowest BCUT2D eigenvalue weighted by atomic mass is 10.1. The van der Waals surface area contributed by atoms with Crippen molar-refractivity contribution in [1.82, 2.24) is 9.55 Å². The quantitative estimate of drug-likeness (QED) is 0.265. The van der Waals surface area contributed by atoms with Gasteiger partial charge in [-0.1, -0.05) is 60.7 Å². The van der Waals surface area contributed by atoms with Gasteiger partial charge in [-0.05, 0) is 48.5 Å². The fourth-order valence-electron chi connectivity index (χ4n) is 5.24. The standard InChI is InChI=1S/C31H18N2O2/c1-6-15-28-20(8-1)22-10-7-11-23(30(22)35-28)31-32-25-12-3-4-13-26(25)33(31)19-16-17-29-24(18-19)21-9-2-5-14-27(21)34-29/h1-18H. The first-order chi connectivity index (χ1) is 17.3. The van der Waals surface area contributed by atoms with Gasteiger partial charge < -0.3 is 8.83 Å². The van der Waals surface area contributed by atoms with E-state index in [9.17, 15) is 0 Å². The SMILES string of the molecule is c1ccc2c(c1)nc(-c1cccc3c1oc1ccccc13)n2-c1ccc2oc3ccccc3c2c1. The van der Waals surface area contributed by atoms with Crippen LogP contribution < -0.4 is 0 Å². The molecule has 0 unspecified atom stereocenters. The molecule has 0 N–H and O–H groups in total. The molecule has 0 saturated carbocycles. The Balaban J connectivity index is 1.47. The number of rotatable bonds is 2. The Labute approximate surface area is 199 Å². The second kappa shape index (κ2) is 6.84. The average Bonchev–Trinajstić information content (AvgIpc) is 3.59. The van der Waals surface area contributed by atoms with Crippen molar-refractivity contribution in [3.8, 4) is 17.1 Å². The maximum Gasteiger partial charge on any atom is 0.149 e. The number of furan rings is 2. The average molecular weight is 450 g/mol. The van der Waals surface area contributed by atoms with Crippen molar-refractivity contribution < 1.29 is 8.83 Å². The monoisotopic (exact) mass is 450 g/mol. The predicted molar refractivity (Wildman–Crippen MR) is 141 cm³/mol. The summed E-state index contributed by atoms with van der Waals surface area (Å²) in [4.78, 5) is 5.09. The summed E-state index contributed by atoms with van der Waals surface area (Å²) < 4.78 is 14.7. The Morgan fingerprint density at radius 2 is 1.23 bits per heavy atom. The fourth-order valence-corrected chi connectivity index (χ4v) is 5.24. The van der Waals surface area contributed by atoms with Crippen LogP contribution in [0.1, 0.15) is 0 Å². The second-order valence-electron chi connectivity index (χ2n) is 8.82. The third-order valence-electron chi connectivity index (χ3n) is 6.82. The number of hydrogen-bond acceptors (Lipinski definition) is 3. The normalized spacial score (nSPS) is 12.0. The number of benzene rings is 5. The number of hydrogen-bond donors (Lipinski definition) is 0. The summed E-state index contributed by atoms with van der Waals surface area (Å²) in [5.41, 5.74) is 7.47. The van der Waals surface area contributed by atoms with Crippen LogP contribution in [0.4, 0.5) is 0 Å². The van der Waals surface area contributed by atoms with Crippen molar-refractivity contribution in [2.75, 3.05) is 0 Å². The molecule has 5 aromatic carbocycles. The van der Waals surface area contributed by atoms with Crippen LogP contribution in [0.25, 0.3) is 72.0 Å². The lowest BCUT2D eigenvalue weighted by Gasteiger charge is -2.10. The highest BCUT2D eigenvalue weighted by Gasteiger charge is 2.20. The molecule has 4 heteroatoms.